The van der Waals surface area contributed by atoms with E-state index in [4.69, 9.17) is 23.2 Å². The molecule has 0 saturated carbocycles. The second-order valence-electron chi connectivity index (χ2n) is 8.82. The van der Waals surface area contributed by atoms with Gasteiger partial charge in [0.25, 0.3) is 11.8 Å². The third kappa shape index (κ3) is 3.64. The number of aromatic nitrogens is 1. The van der Waals surface area contributed by atoms with E-state index in [1.165, 1.54) is 12.1 Å². The lowest BCUT2D eigenvalue weighted by atomic mass is 10.1. The van der Waals surface area contributed by atoms with E-state index in [1.54, 1.807) is 14.7 Å². The summed E-state index contributed by atoms with van der Waals surface area (Å²) in [6, 6.07) is 2.63. The molecule has 2 aromatic rings. The minimum Gasteiger partial charge on any atom is -0.349 e. The first-order chi connectivity index (χ1) is 15.1. The second kappa shape index (κ2) is 7.81. The predicted octanol–water partition coefficient (Wildman–Crippen LogP) is 3.63. The van der Waals surface area contributed by atoms with Crippen molar-refractivity contribution in [3.8, 4) is 0 Å². The number of carbonyl (C=O) groups excluding carboxylic acids is 2. The zero-order valence-electron chi connectivity index (χ0n) is 17.0. The molecule has 4 heterocycles. The lowest BCUT2D eigenvalue weighted by Gasteiger charge is -2.42. The Hall–Kier alpha value is -1.97. The summed E-state index contributed by atoms with van der Waals surface area (Å²) in [7, 11) is 0. The molecule has 0 spiro atoms. The van der Waals surface area contributed by atoms with Crippen molar-refractivity contribution < 1.29 is 22.8 Å². The van der Waals surface area contributed by atoms with Crippen LogP contribution in [0.15, 0.2) is 12.1 Å². The van der Waals surface area contributed by atoms with E-state index >= 15 is 0 Å². The van der Waals surface area contributed by atoms with Gasteiger partial charge in [0.2, 0.25) is 5.91 Å². The highest BCUT2D eigenvalue weighted by Gasteiger charge is 2.48. The van der Waals surface area contributed by atoms with Crippen molar-refractivity contribution in [1.82, 2.24) is 19.7 Å². The molecule has 3 aliphatic heterocycles. The number of carbonyl (C=O) groups is 2. The Morgan fingerprint density at radius 3 is 2.47 bits per heavy atom. The minimum absolute atomic E-state index is 0.0342. The summed E-state index contributed by atoms with van der Waals surface area (Å²) in [4.78, 5) is 33.9. The first-order valence-corrected chi connectivity index (χ1v) is 11.3. The van der Waals surface area contributed by atoms with E-state index in [9.17, 15) is 22.8 Å². The van der Waals surface area contributed by atoms with Crippen molar-refractivity contribution >= 4 is 45.9 Å². The molecule has 3 aliphatic rings. The summed E-state index contributed by atoms with van der Waals surface area (Å²) < 4.78 is 40.1. The number of H-pyrrole nitrogens is 1. The molecule has 1 aromatic heterocycles. The van der Waals surface area contributed by atoms with Crippen LogP contribution in [0.25, 0.3) is 10.9 Å². The number of aromatic amines is 1. The zero-order chi connectivity index (χ0) is 22.8. The van der Waals surface area contributed by atoms with Crippen LogP contribution in [0.2, 0.25) is 10.0 Å². The maximum Gasteiger partial charge on any atom is 0.272 e. The Morgan fingerprint density at radius 1 is 1.03 bits per heavy atom. The van der Waals surface area contributed by atoms with Crippen LogP contribution in [0.1, 0.15) is 23.3 Å². The molecule has 5 rings (SSSR count). The topological polar surface area (TPSA) is 59.7 Å². The molecule has 172 valence electrons. The number of hydrogen-bond acceptors (Lipinski definition) is 3. The number of hydrogen-bond donors (Lipinski definition) is 1. The number of nitrogens with one attached hydrogen (secondary N) is 1. The highest BCUT2D eigenvalue weighted by Crippen LogP contribution is 2.36. The van der Waals surface area contributed by atoms with Gasteiger partial charge in [0.15, 0.2) is 0 Å². The quantitative estimate of drug-likeness (QED) is 0.717. The lowest BCUT2D eigenvalue weighted by Crippen LogP contribution is -2.60. The number of benzene rings is 1. The lowest BCUT2D eigenvalue weighted by molar-refractivity contribution is -0.146. The molecule has 3 saturated heterocycles. The van der Waals surface area contributed by atoms with Crippen LogP contribution >= 0.6 is 23.2 Å². The molecule has 2 amide bonds. The summed E-state index contributed by atoms with van der Waals surface area (Å²) in [5, 5.41) is 0.155. The molecule has 6 nitrogen and oxygen atoms in total. The highest BCUT2D eigenvalue weighted by atomic mass is 35.5. The van der Waals surface area contributed by atoms with Crippen LogP contribution in [0.3, 0.4) is 0 Å². The molecule has 1 aromatic carbocycles. The number of rotatable bonds is 3. The molecule has 0 radical (unpaired) electrons. The summed E-state index contributed by atoms with van der Waals surface area (Å²) in [6.07, 6.45) is 1.19. The van der Waals surface area contributed by atoms with E-state index in [2.05, 4.69) is 4.98 Å². The number of nitrogens with zero attached hydrogens (tertiary/aromatic N) is 3. The smallest absolute Gasteiger partial charge is 0.272 e. The number of fused-ring (bicyclic) bond motifs is 1. The Morgan fingerprint density at radius 2 is 1.75 bits per heavy atom. The van der Waals surface area contributed by atoms with Gasteiger partial charge in [-0.1, -0.05) is 23.2 Å². The minimum atomic E-state index is -2.62. The standard InChI is InChI=1S/C21H21Cl2F3N4O2/c22-16-13(24)1-2-14-15(16)17(23)18(27-14)20(32)28-5-3-11(7-28)19(31)29-6-4-12(8-29)30-9-21(25,26)10-30/h1-2,11-12,27H,3-10H2/t11-,12?/m1/s1. The monoisotopic (exact) mass is 488 g/mol. The summed E-state index contributed by atoms with van der Waals surface area (Å²) in [5.41, 5.74) is 0.568. The van der Waals surface area contributed by atoms with Gasteiger partial charge in [-0.3, -0.25) is 14.5 Å². The van der Waals surface area contributed by atoms with Gasteiger partial charge in [0, 0.05) is 43.1 Å². The Bertz CT molecular complexity index is 1100. The van der Waals surface area contributed by atoms with Crippen molar-refractivity contribution in [3.63, 3.8) is 0 Å². The number of amides is 2. The van der Waals surface area contributed by atoms with Crippen molar-refractivity contribution in [2.45, 2.75) is 24.8 Å². The summed E-state index contributed by atoms with van der Waals surface area (Å²) in [5.74, 6) is -4.02. The average molecular weight is 489 g/mol. The van der Waals surface area contributed by atoms with Gasteiger partial charge in [-0.2, -0.15) is 0 Å². The maximum absolute atomic E-state index is 13.8. The van der Waals surface area contributed by atoms with Crippen LogP contribution in [0.4, 0.5) is 13.2 Å². The normalized spacial score (nSPS) is 25.5. The van der Waals surface area contributed by atoms with Gasteiger partial charge in [-0.25, -0.2) is 13.2 Å². The average Bonchev–Trinajstić information content (AvgIpc) is 3.47. The van der Waals surface area contributed by atoms with Crippen LogP contribution in [0.5, 0.6) is 0 Å². The van der Waals surface area contributed by atoms with E-state index in [1.807, 2.05) is 0 Å². The van der Waals surface area contributed by atoms with Crippen LogP contribution < -0.4 is 0 Å². The molecular formula is C21H21Cl2F3N4O2. The van der Waals surface area contributed by atoms with E-state index in [-0.39, 0.29) is 64.5 Å². The zero-order valence-corrected chi connectivity index (χ0v) is 18.5. The molecule has 0 aliphatic carbocycles. The number of halogens is 5. The van der Waals surface area contributed by atoms with Crippen molar-refractivity contribution in [1.29, 1.82) is 0 Å². The first-order valence-electron chi connectivity index (χ1n) is 10.5. The molecule has 3 fully saturated rings. The molecule has 32 heavy (non-hydrogen) atoms. The van der Waals surface area contributed by atoms with Gasteiger partial charge in [-0.15, -0.1) is 0 Å². The Kier molecular flexibility index (Phi) is 5.34. The Balaban J connectivity index is 1.23. The van der Waals surface area contributed by atoms with Crippen LogP contribution in [0, 0.1) is 11.7 Å². The van der Waals surface area contributed by atoms with Gasteiger partial charge >= 0.3 is 0 Å². The molecule has 11 heteroatoms. The van der Waals surface area contributed by atoms with E-state index < -0.39 is 11.7 Å². The first kappa shape index (κ1) is 21.9. The fourth-order valence-electron chi connectivity index (χ4n) is 4.94. The molecule has 1 unspecified atom stereocenters. The highest BCUT2D eigenvalue weighted by molar-refractivity contribution is 6.44. The van der Waals surface area contributed by atoms with Crippen LogP contribution in [-0.2, 0) is 4.79 Å². The van der Waals surface area contributed by atoms with Crippen molar-refractivity contribution in [3.05, 3.63) is 33.7 Å². The van der Waals surface area contributed by atoms with Crippen molar-refractivity contribution in [2.24, 2.45) is 5.92 Å². The maximum atomic E-state index is 13.8. The fraction of sp³-hybridized carbons (Fsp3) is 0.524. The third-order valence-corrected chi connectivity index (χ3v) is 7.44. The largest absolute Gasteiger partial charge is 0.349 e. The number of alkyl halides is 2. The number of likely N-dealkylation sites (tertiary alicyclic amines) is 3. The molecular weight excluding hydrogens is 468 g/mol. The SMILES string of the molecule is O=C(c1[nH]c2ccc(F)c(Cl)c2c1Cl)N1CC[C@@H](C(=O)N2CCC(N3CC(F)(F)C3)C2)C1. The Labute approximate surface area is 192 Å². The van der Waals surface area contributed by atoms with Crippen molar-refractivity contribution in [2.75, 3.05) is 39.3 Å². The van der Waals surface area contributed by atoms with Gasteiger partial charge in [-0.05, 0) is 25.0 Å². The van der Waals surface area contributed by atoms with Gasteiger partial charge in [0.05, 0.1) is 29.1 Å². The predicted molar refractivity (Wildman–Crippen MR) is 114 cm³/mol. The van der Waals surface area contributed by atoms with Gasteiger partial charge < -0.3 is 14.8 Å². The second-order valence-corrected chi connectivity index (χ2v) is 9.58. The van der Waals surface area contributed by atoms with E-state index in [0.717, 1.165) is 0 Å². The molecule has 2 atom stereocenters. The van der Waals surface area contributed by atoms with E-state index in [0.29, 0.717) is 38.0 Å². The molecule has 1 N–H and O–H groups in total. The molecule has 0 bridgehead atoms. The summed E-state index contributed by atoms with van der Waals surface area (Å²) in [6.45, 7) is 1.12. The van der Waals surface area contributed by atoms with Crippen LogP contribution in [-0.4, -0.2) is 82.7 Å². The van der Waals surface area contributed by atoms with Gasteiger partial charge in [0.1, 0.15) is 11.5 Å². The summed E-state index contributed by atoms with van der Waals surface area (Å²) >= 11 is 12.3. The third-order valence-electron chi connectivity index (χ3n) is 6.69. The fourth-order valence-corrected chi connectivity index (χ4v) is 5.57.